The third kappa shape index (κ3) is 1.86. The molecule has 1 atom stereocenters. The van der Waals surface area contributed by atoms with Gasteiger partial charge in [0.25, 0.3) is 0 Å². The second-order valence-electron chi connectivity index (χ2n) is 3.27. The van der Waals surface area contributed by atoms with Crippen molar-refractivity contribution < 1.29 is 9.47 Å². The molecule has 0 spiro atoms. The molecule has 16 heavy (non-hydrogen) atoms. The van der Waals surface area contributed by atoms with E-state index < -0.39 is 0 Å². The van der Waals surface area contributed by atoms with Crippen LogP contribution in [0.3, 0.4) is 0 Å². The molecule has 1 aliphatic rings. The van der Waals surface area contributed by atoms with Crippen LogP contribution in [0.1, 0.15) is 11.1 Å². The third-order valence-electron chi connectivity index (χ3n) is 2.20. The first-order chi connectivity index (χ1) is 7.83. The maximum atomic E-state index is 5.81. The number of rotatable bonds is 1. The standard InChI is InChI=1S/C10H7IN2O2S/c11-10-12-9(16-13-10)8-5-14-6-3-1-2-4-7(6)15-8/h1-4,8H,5H2. The quantitative estimate of drug-likeness (QED) is 0.745. The molecule has 0 saturated heterocycles. The Morgan fingerprint density at radius 1 is 1.31 bits per heavy atom. The highest BCUT2D eigenvalue weighted by Gasteiger charge is 2.25. The molecule has 3 rings (SSSR count). The number of hydrogen-bond donors (Lipinski definition) is 0. The van der Waals surface area contributed by atoms with Crippen LogP contribution in [0.15, 0.2) is 24.3 Å². The van der Waals surface area contributed by atoms with Crippen LogP contribution in [-0.2, 0) is 0 Å². The van der Waals surface area contributed by atoms with Crippen molar-refractivity contribution in [1.29, 1.82) is 0 Å². The average molecular weight is 346 g/mol. The van der Waals surface area contributed by atoms with Gasteiger partial charge in [0.1, 0.15) is 6.61 Å². The van der Waals surface area contributed by atoms with E-state index in [2.05, 4.69) is 31.9 Å². The zero-order valence-corrected chi connectivity index (χ0v) is 11.1. The van der Waals surface area contributed by atoms with Gasteiger partial charge in [0.15, 0.2) is 22.6 Å². The van der Waals surface area contributed by atoms with E-state index in [0.29, 0.717) is 6.61 Å². The molecule has 1 aromatic heterocycles. The smallest absolute Gasteiger partial charge is 0.203 e. The highest BCUT2D eigenvalue weighted by atomic mass is 127. The van der Waals surface area contributed by atoms with Crippen molar-refractivity contribution >= 4 is 34.1 Å². The summed E-state index contributed by atoms with van der Waals surface area (Å²) in [6.45, 7) is 0.488. The van der Waals surface area contributed by atoms with E-state index in [1.807, 2.05) is 24.3 Å². The van der Waals surface area contributed by atoms with E-state index in [4.69, 9.17) is 9.47 Å². The van der Waals surface area contributed by atoms with Gasteiger partial charge in [0.05, 0.1) is 0 Å². The minimum Gasteiger partial charge on any atom is -0.485 e. The summed E-state index contributed by atoms with van der Waals surface area (Å²) in [5, 5.41) is 0.860. The topological polar surface area (TPSA) is 44.2 Å². The van der Waals surface area contributed by atoms with Crippen molar-refractivity contribution in [3.05, 3.63) is 33.1 Å². The molecule has 6 heteroatoms. The maximum absolute atomic E-state index is 5.81. The summed E-state index contributed by atoms with van der Waals surface area (Å²) in [6.07, 6.45) is -0.143. The van der Waals surface area contributed by atoms with Crippen LogP contribution >= 0.6 is 34.1 Å². The molecule has 1 unspecified atom stereocenters. The molecule has 1 aliphatic heterocycles. The van der Waals surface area contributed by atoms with Gasteiger partial charge >= 0.3 is 0 Å². The molecule has 4 nitrogen and oxygen atoms in total. The number of aromatic nitrogens is 2. The summed E-state index contributed by atoms with van der Waals surface area (Å²) in [4.78, 5) is 4.30. The fourth-order valence-corrected chi connectivity index (χ4v) is 2.78. The molecule has 0 bridgehead atoms. The molecule has 2 aromatic rings. The Hall–Kier alpha value is -0.890. The number of ether oxygens (including phenoxy) is 2. The van der Waals surface area contributed by atoms with Gasteiger partial charge in [0.2, 0.25) is 3.83 Å². The third-order valence-corrected chi connectivity index (χ3v) is 3.82. The molecule has 0 fully saturated rings. The van der Waals surface area contributed by atoms with Gasteiger partial charge in [0, 0.05) is 22.6 Å². The van der Waals surface area contributed by atoms with Crippen LogP contribution in [-0.4, -0.2) is 16.0 Å². The first-order valence-corrected chi connectivity index (χ1v) is 6.56. The molecule has 0 aliphatic carbocycles. The zero-order valence-electron chi connectivity index (χ0n) is 8.09. The summed E-state index contributed by atoms with van der Waals surface area (Å²) in [7, 11) is 0. The second-order valence-corrected chi connectivity index (χ2v) is 5.01. The second kappa shape index (κ2) is 4.17. The lowest BCUT2D eigenvalue weighted by Crippen LogP contribution is -2.21. The molecule has 0 radical (unpaired) electrons. The van der Waals surface area contributed by atoms with Crippen LogP contribution in [0.2, 0.25) is 0 Å². The molecular weight excluding hydrogens is 339 g/mol. The van der Waals surface area contributed by atoms with E-state index in [9.17, 15) is 0 Å². The summed E-state index contributed by atoms with van der Waals surface area (Å²) in [5.74, 6) is 1.56. The van der Waals surface area contributed by atoms with Crippen molar-refractivity contribution in [2.45, 2.75) is 6.10 Å². The fraction of sp³-hybridized carbons (Fsp3) is 0.200. The molecule has 1 aromatic carbocycles. The molecule has 2 heterocycles. The van der Waals surface area contributed by atoms with E-state index in [-0.39, 0.29) is 6.10 Å². The Labute approximate surface area is 110 Å². The van der Waals surface area contributed by atoms with E-state index >= 15 is 0 Å². The van der Waals surface area contributed by atoms with Gasteiger partial charge in [-0.2, -0.15) is 4.37 Å². The van der Waals surface area contributed by atoms with Gasteiger partial charge in [-0.1, -0.05) is 12.1 Å². The van der Waals surface area contributed by atoms with Crippen LogP contribution in [0.5, 0.6) is 11.5 Å². The van der Waals surface area contributed by atoms with Gasteiger partial charge in [-0.3, -0.25) is 0 Å². The first kappa shape index (κ1) is 10.3. The minimum atomic E-state index is -0.143. The minimum absolute atomic E-state index is 0.143. The predicted octanol–water partition coefficient (Wildman–Crippen LogP) is 2.66. The summed E-state index contributed by atoms with van der Waals surface area (Å²) in [5.41, 5.74) is 0. The predicted molar refractivity (Wildman–Crippen MR) is 67.9 cm³/mol. The van der Waals surface area contributed by atoms with Crippen LogP contribution < -0.4 is 9.47 Å². The lowest BCUT2D eigenvalue weighted by Gasteiger charge is -2.24. The fourth-order valence-electron chi connectivity index (χ4n) is 1.49. The van der Waals surface area contributed by atoms with E-state index in [0.717, 1.165) is 20.3 Å². The van der Waals surface area contributed by atoms with Crippen molar-refractivity contribution in [2.24, 2.45) is 0 Å². The number of halogens is 1. The highest BCUT2D eigenvalue weighted by Crippen LogP contribution is 2.36. The normalized spacial score (nSPS) is 18.4. The lowest BCUT2D eigenvalue weighted by molar-refractivity contribution is 0.0910. The SMILES string of the molecule is Ic1nsc(C2COc3ccccc3O2)n1. The molecular formula is C10H7IN2O2S. The van der Waals surface area contributed by atoms with Crippen LogP contribution in [0, 0.1) is 3.83 Å². The number of benzene rings is 1. The number of hydrogen-bond acceptors (Lipinski definition) is 5. The summed E-state index contributed by atoms with van der Waals surface area (Å²) >= 11 is 3.45. The maximum Gasteiger partial charge on any atom is 0.203 e. The van der Waals surface area contributed by atoms with Crippen molar-refractivity contribution in [1.82, 2.24) is 9.36 Å². The van der Waals surface area contributed by atoms with Gasteiger partial charge in [-0.05, 0) is 23.7 Å². The molecule has 82 valence electrons. The Bertz CT molecular complexity index is 517. The van der Waals surface area contributed by atoms with Crippen LogP contribution in [0.25, 0.3) is 0 Å². The number of para-hydroxylation sites is 2. The van der Waals surface area contributed by atoms with Crippen molar-refractivity contribution in [2.75, 3.05) is 6.61 Å². The average Bonchev–Trinajstić information content (AvgIpc) is 2.75. The van der Waals surface area contributed by atoms with Crippen molar-refractivity contribution in [3.8, 4) is 11.5 Å². The van der Waals surface area contributed by atoms with Crippen LogP contribution in [0.4, 0.5) is 0 Å². The van der Waals surface area contributed by atoms with E-state index in [1.165, 1.54) is 11.5 Å². The highest BCUT2D eigenvalue weighted by molar-refractivity contribution is 14.1. The van der Waals surface area contributed by atoms with Gasteiger partial charge < -0.3 is 9.47 Å². The molecule has 0 N–H and O–H groups in total. The van der Waals surface area contributed by atoms with Gasteiger partial charge in [-0.15, -0.1) is 0 Å². The largest absolute Gasteiger partial charge is 0.485 e. The Morgan fingerprint density at radius 3 is 2.88 bits per heavy atom. The first-order valence-electron chi connectivity index (χ1n) is 4.70. The Morgan fingerprint density at radius 2 is 2.12 bits per heavy atom. The molecule has 0 saturated carbocycles. The summed E-state index contributed by atoms with van der Waals surface area (Å²) < 4.78 is 16.3. The summed E-state index contributed by atoms with van der Waals surface area (Å²) in [6, 6.07) is 7.65. The van der Waals surface area contributed by atoms with E-state index in [1.54, 1.807) is 0 Å². The monoisotopic (exact) mass is 346 g/mol. The zero-order chi connectivity index (χ0) is 11.0. The number of nitrogens with zero attached hydrogens (tertiary/aromatic N) is 2. The molecule has 0 amide bonds. The van der Waals surface area contributed by atoms with Crippen molar-refractivity contribution in [3.63, 3.8) is 0 Å². The number of fused-ring (bicyclic) bond motifs is 1. The Kier molecular flexibility index (Phi) is 2.68. The Balaban J connectivity index is 1.88. The lowest BCUT2D eigenvalue weighted by atomic mass is 10.3. The van der Waals surface area contributed by atoms with Gasteiger partial charge in [-0.25, -0.2) is 4.98 Å².